The molecule has 1 heterocycles. The third-order valence-corrected chi connectivity index (χ3v) is 5.17. The van der Waals surface area contributed by atoms with Crippen LogP contribution in [0.4, 0.5) is 16.5 Å². The first-order chi connectivity index (χ1) is 13.0. The van der Waals surface area contributed by atoms with Gasteiger partial charge in [-0.2, -0.15) is 5.10 Å². The number of thiazole rings is 1. The van der Waals surface area contributed by atoms with Gasteiger partial charge in [0.1, 0.15) is 0 Å². The molecule has 0 saturated heterocycles. The van der Waals surface area contributed by atoms with Gasteiger partial charge in [0.25, 0.3) is 0 Å². The monoisotopic (exact) mass is 378 g/mol. The van der Waals surface area contributed by atoms with Crippen molar-refractivity contribution in [3.8, 4) is 0 Å². The third kappa shape index (κ3) is 4.23. The maximum Gasteiger partial charge on any atom is 0.230 e. The van der Waals surface area contributed by atoms with Gasteiger partial charge in [0.15, 0.2) is 5.13 Å². The number of carbonyl (C=O) groups is 1. The molecule has 5 nitrogen and oxygen atoms in total. The lowest BCUT2D eigenvalue weighted by Gasteiger charge is -2.21. The van der Waals surface area contributed by atoms with E-state index in [4.69, 9.17) is 0 Å². The molecule has 0 aliphatic rings. The fraction of sp³-hybridized carbons (Fsp3) is 0.190. The summed E-state index contributed by atoms with van der Waals surface area (Å²) in [6, 6.07) is 15.8. The molecule has 0 radical (unpaired) electrons. The van der Waals surface area contributed by atoms with Crippen LogP contribution in [0.25, 0.3) is 0 Å². The number of benzene rings is 2. The molecular weight excluding hydrogens is 356 g/mol. The molecule has 138 valence electrons. The van der Waals surface area contributed by atoms with Gasteiger partial charge in [-0.15, -0.1) is 11.3 Å². The van der Waals surface area contributed by atoms with Crippen LogP contribution in [0.2, 0.25) is 0 Å². The fourth-order valence-corrected chi connectivity index (χ4v) is 3.51. The smallest absolute Gasteiger partial charge is 0.230 e. The van der Waals surface area contributed by atoms with Crippen molar-refractivity contribution in [3.63, 3.8) is 0 Å². The molecule has 3 rings (SSSR count). The number of para-hydroxylation sites is 1. The first kappa shape index (κ1) is 18.8. The van der Waals surface area contributed by atoms with Crippen LogP contribution in [0.15, 0.2) is 59.0 Å². The van der Waals surface area contributed by atoms with Gasteiger partial charge in [-0.1, -0.05) is 30.3 Å². The lowest BCUT2D eigenvalue weighted by molar-refractivity contribution is -0.115. The lowest BCUT2D eigenvalue weighted by atomic mass is 10.1. The minimum Gasteiger partial charge on any atom is -0.274 e. The summed E-state index contributed by atoms with van der Waals surface area (Å²) in [4.78, 5) is 18.6. The normalized spacial score (nSPS) is 11.0. The quantitative estimate of drug-likeness (QED) is 0.468. The number of nitrogens with zero attached hydrogens (tertiary/aromatic N) is 4. The molecule has 0 aliphatic heterocycles. The summed E-state index contributed by atoms with van der Waals surface area (Å²) in [5.74, 6) is -0.0667. The third-order valence-electron chi connectivity index (χ3n) is 4.33. The predicted octanol–water partition coefficient (Wildman–Crippen LogP) is 4.91. The Labute approximate surface area is 163 Å². The van der Waals surface area contributed by atoms with E-state index in [0.717, 1.165) is 22.5 Å². The lowest BCUT2D eigenvalue weighted by Crippen LogP contribution is -2.23. The maximum absolute atomic E-state index is 12.3. The van der Waals surface area contributed by atoms with E-state index >= 15 is 0 Å². The van der Waals surface area contributed by atoms with Crippen LogP contribution in [0.3, 0.4) is 0 Å². The van der Waals surface area contributed by atoms with Crippen LogP contribution in [0, 0.1) is 13.8 Å². The van der Waals surface area contributed by atoms with Gasteiger partial charge in [-0.25, -0.2) is 4.98 Å². The van der Waals surface area contributed by atoms with Gasteiger partial charge in [0, 0.05) is 19.4 Å². The van der Waals surface area contributed by atoms with E-state index < -0.39 is 0 Å². The molecule has 0 bridgehead atoms. The zero-order chi connectivity index (χ0) is 19.4. The van der Waals surface area contributed by atoms with Crippen molar-refractivity contribution >= 4 is 40.0 Å². The number of hydrazone groups is 1. The molecule has 0 aliphatic carbocycles. The Morgan fingerprint density at radius 1 is 1.11 bits per heavy atom. The number of rotatable bonds is 5. The molecule has 3 aromatic rings. The number of hydrogen-bond donors (Lipinski definition) is 0. The van der Waals surface area contributed by atoms with Gasteiger partial charge in [0.05, 0.1) is 23.3 Å². The first-order valence-corrected chi connectivity index (χ1v) is 9.50. The molecule has 1 aromatic heterocycles. The van der Waals surface area contributed by atoms with E-state index in [0.29, 0.717) is 10.8 Å². The second-order valence-corrected chi connectivity index (χ2v) is 7.07. The number of hydrogen-bond acceptors (Lipinski definition) is 5. The Bertz CT molecular complexity index is 965. The molecule has 27 heavy (non-hydrogen) atoms. The minimum absolute atomic E-state index is 0.0667. The van der Waals surface area contributed by atoms with Crippen LogP contribution in [0.1, 0.15) is 23.7 Å². The molecule has 2 aromatic carbocycles. The Morgan fingerprint density at radius 3 is 2.56 bits per heavy atom. The summed E-state index contributed by atoms with van der Waals surface area (Å²) in [6.45, 7) is 5.61. The second-order valence-electron chi connectivity index (χ2n) is 6.23. The molecule has 0 saturated carbocycles. The van der Waals surface area contributed by atoms with Crippen LogP contribution >= 0.6 is 11.3 Å². The highest BCUT2D eigenvalue weighted by atomic mass is 32.1. The predicted molar refractivity (Wildman–Crippen MR) is 113 cm³/mol. The van der Waals surface area contributed by atoms with E-state index in [9.17, 15) is 4.79 Å². The first-order valence-electron chi connectivity index (χ1n) is 8.62. The SMILES string of the molecule is CC(=O)N(c1nc(/C=N\N(C)c2ccccc2)cs1)c1cccc(C)c1C. The van der Waals surface area contributed by atoms with Crippen LogP contribution < -0.4 is 9.91 Å². The van der Waals surface area contributed by atoms with Crippen molar-refractivity contribution in [3.05, 3.63) is 70.7 Å². The average Bonchev–Trinajstić information content (AvgIpc) is 3.12. The summed E-state index contributed by atoms with van der Waals surface area (Å²) in [7, 11) is 1.89. The van der Waals surface area contributed by atoms with E-state index in [-0.39, 0.29) is 5.91 Å². The van der Waals surface area contributed by atoms with E-state index in [1.807, 2.05) is 74.8 Å². The zero-order valence-electron chi connectivity index (χ0n) is 15.9. The minimum atomic E-state index is -0.0667. The van der Waals surface area contributed by atoms with Crippen LogP contribution in [-0.4, -0.2) is 24.2 Å². The Hall–Kier alpha value is -2.99. The fourth-order valence-electron chi connectivity index (χ4n) is 2.68. The molecule has 6 heteroatoms. The standard InChI is InChI=1S/C21H22N4OS/c1-15-9-8-12-20(16(15)2)25(17(3)26)21-23-18(14-27-21)13-22-24(4)19-10-6-5-7-11-19/h5-14H,1-4H3/b22-13-. The number of carbonyl (C=O) groups excluding carboxylic acids is 1. The van der Waals surface area contributed by atoms with Crippen molar-refractivity contribution in [2.24, 2.45) is 5.10 Å². The van der Waals surface area contributed by atoms with Gasteiger partial charge in [-0.3, -0.25) is 14.7 Å². The van der Waals surface area contributed by atoms with Gasteiger partial charge in [-0.05, 0) is 43.2 Å². The van der Waals surface area contributed by atoms with E-state index in [1.165, 1.54) is 11.3 Å². The summed E-state index contributed by atoms with van der Waals surface area (Å²) in [5.41, 5.74) is 4.78. The van der Waals surface area contributed by atoms with Gasteiger partial charge < -0.3 is 0 Å². The number of aryl methyl sites for hydroxylation is 1. The van der Waals surface area contributed by atoms with Crippen molar-refractivity contribution in [1.29, 1.82) is 0 Å². The molecular formula is C21H22N4OS. The number of aromatic nitrogens is 1. The van der Waals surface area contributed by atoms with Gasteiger partial charge >= 0.3 is 0 Å². The molecule has 0 N–H and O–H groups in total. The Morgan fingerprint density at radius 2 is 1.85 bits per heavy atom. The highest BCUT2D eigenvalue weighted by molar-refractivity contribution is 7.14. The number of anilines is 3. The molecule has 1 amide bonds. The van der Waals surface area contributed by atoms with Crippen molar-refractivity contribution in [2.75, 3.05) is 17.0 Å². The molecule has 0 unspecified atom stereocenters. The van der Waals surface area contributed by atoms with Crippen molar-refractivity contribution < 1.29 is 4.79 Å². The average molecular weight is 379 g/mol. The summed E-state index contributed by atoms with van der Waals surface area (Å²) < 4.78 is 0. The largest absolute Gasteiger partial charge is 0.274 e. The van der Waals surface area contributed by atoms with E-state index in [1.54, 1.807) is 23.0 Å². The summed E-state index contributed by atoms with van der Waals surface area (Å²) in [6.07, 6.45) is 1.70. The topological polar surface area (TPSA) is 48.8 Å². The highest BCUT2D eigenvalue weighted by Crippen LogP contribution is 2.32. The second kappa shape index (κ2) is 8.14. The van der Waals surface area contributed by atoms with Gasteiger partial charge in [0.2, 0.25) is 5.91 Å². The Balaban J connectivity index is 1.85. The number of amides is 1. The summed E-state index contributed by atoms with van der Waals surface area (Å²) >= 11 is 1.43. The molecule has 0 atom stereocenters. The van der Waals surface area contributed by atoms with Crippen LogP contribution in [0.5, 0.6) is 0 Å². The molecule has 0 fully saturated rings. The zero-order valence-corrected chi connectivity index (χ0v) is 16.7. The maximum atomic E-state index is 12.3. The van der Waals surface area contributed by atoms with Crippen LogP contribution in [-0.2, 0) is 4.79 Å². The highest BCUT2D eigenvalue weighted by Gasteiger charge is 2.20. The van der Waals surface area contributed by atoms with E-state index in [2.05, 4.69) is 10.1 Å². The summed E-state index contributed by atoms with van der Waals surface area (Å²) in [5, 5.41) is 8.76. The molecule has 0 spiro atoms. The van der Waals surface area contributed by atoms with Crippen molar-refractivity contribution in [2.45, 2.75) is 20.8 Å². The Kier molecular flexibility index (Phi) is 5.66. The van der Waals surface area contributed by atoms with Crippen molar-refractivity contribution in [1.82, 2.24) is 4.98 Å².